The van der Waals surface area contributed by atoms with Crippen LogP contribution in [0.2, 0.25) is 0 Å². The van der Waals surface area contributed by atoms with Crippen molar-refractivity contribution in [2.45, 2.75) is 38.8 Å². The van der Waals surface area contributed by atoms with Crippen molar-refractivity contribution in [3.8, 4) is 0 Å². The van der Waals surface area contributed by atoms with E-state index in [0.717, 1.165) is 6.42 Å². The van der Waals surface area contributed by atoms with Gasteiger partial charge >= 0.3 is 0 Å². The molecule has 0 spiro atoms. The third-order valence-corrected chi connectivity index (χ3v) is 3.71. The fourth-order valence-electron chi connectivity index (χ4n) is 2.81. The van der Waals surface area contributed by atoms with Gasteiger partial charge in [0.2, 0.25) is 0 Å². The third kappa shape index (κ3) is 1.37. The Morgan fingerprint density at radius 1 is 1.31 bits per heavy atom. The van der Waals surface area contributed by atoms with Crippen LogP contribution in [0.15, 0.2) is 24.3 Å². The first kappa shape index (κ1) is 9.91. The molecule has 0 radical (unpaired) electrons. The van der Waals surface area contributed by atoms with Crippen LogP contribution in [-0.2, 0) is 6.42 Å². The second-order valence-electron chi connectivity index (χ2n) is 4.76. The van der Waals surface area contributed by atoms with Gasteiger partial charge in [-0.2, -0.15) is 0 Å². The molecule has 0 saturated heterocycles. The van der Waals surface area contributed by atoms with Crippen LogP contribution in [0.5, 0.6) is 0 Å². The molecule has 1 aromatic heterocycles. The maximum absolute atomic E-state index is 3.65. The Hall–Kier alpha value is -1.28. The average Bonchev–Trinajstić information content (AvgIpc) is 2.68. The van der Waals surface area contributed by atoms with Gasteiger partial charge in [0.05, 0.1) is 0 Å². The Bertz CT molecular complexity index is 512. The van der Waals surface area contributed by atoms with Crippen LogP contribution in [0.25, 0.3) is 10.9 Å². The smallest absolute Gasteiger partial charge is 0.0459 e. The quantitative estimate of drug-likeness (QED) is 0.750. The molecule has 3 rings (SSSR count). The van der Waals surface area contributed by atoms with Crippen molar-refractivity contribution in [2.24, 2.45) is 0 Å². The molecule has 84 valence electrons. The van der Waals surface area contributed by atoms with E-state index in [1.165, 1.54) is 28.6 Å². The molecule has 0 aliphatic carbocycles. The number of aromatic amines is 1. The highest BCUT2D eigenvalue weighted by Gasteiger charge is 2.25. The zero-order valence-electron chi connectivity index (χ0n) is 9.88. The van der Waals surface area contributed by atoms with E-state index in [1.807, 2.05) is 0 Å². The summed E-state index contributed by atoms with van der Waals surface area (Å²) in [6.07, 6.45) is 2.35. The largest absolute Gasteiger partial charge is 0.357 e. The first-order valence-corrected chi connectivity index (χ1v) is 6.15. The van der Waals surface area contributed by atoms with Crippen LogP contribution < -0.4 is 5.32 Å². The summed E-state index contributed by atoms with van der Waals surface area (Å²) in [6.45, 7) is 4.50. The monoisotopic (exact) mass is 214 g/mol. The molecule has 2 heterocycles. The molecule has 1 aromatic carbocycles. The maximum Gasteiger partial charge on any atom is 0.0459 e. The Morgan fingerprint density at radius 2 is 2.12 bits per heavy atom. The van der Waals surface area contributed by atoms with Crippen molar-refractivity contribution in [1.29, 1.82) is 0 Å². The lowest BCUT2D eigenvalue weighted by Gasteiger charge is -2.28. The Balaban J connectivity index is 2.18. The number of hydrogen-bond acceptors (Lipinski definition) is 1. The molecule has 2 N–H and O–H groups in total. The lowest BCUT2D eigenvalue weighted by molar-refractivity contribution is 0.408. The van der Waals surface area contributed by atoms with Crippen molar-refractivity contribution in [2.75, 3.05) is 0 Å². The summed E-state index contributed by atoms with van der Waals surface area (Å²) in [5, 5.41) is 5.06. The molecule has 16 heavy (non-hydrogen) atoms. The summed E-state index contributed by atoms with van der Waals surface area (Å²) < 4.78 is 0. The van der Waals surface area contributed by atoms with Crippen LogP contribution in [0.3, 0.4) is 0 Å². The summed E-state index contributed by atoms with van der Waals surface area (Å²) in [5.41, 5.74) is 4.18. The number of benzene rings is 1. The molecule has 0 saturated carbocycles. The number of rotatable bonds is 1. The van der Waals surface area contributed by atoms with Gasteiger partial charge in [-0.1, -0.05) is 25.1 Å². The predicted octanol–water partition coefficient (Wildman–Crippen LogP) is 3.15. The molecule has 0 fully saturated rings. The number of fused-ring (bicyclic) bond motifs is 3. The minimum absolute atomic E-state index is 0.445. The minimum Gasteiger partial charge on any atom is -0.357 e. The van der Waals surface area contributed by atoms with Crippen molar-refractivity contribution >= 4 is 10.9 Å². The molecule has 2 atom stereocenters. The van der Waals surface area contributed by atoms with Gasteiger partial charge in [-0.15, -0.1) is 0 Å². The van der Waals surface area contributed by atoms with Crippen LogP contribution >= 0.6 is 0 Å². The number of para-hydroxylation sites is 1. The van der Waals surface area contributed by atoms with E-state index in [4.69, 9.17) is 0 Å². The van der Waals surface area contributed by atoms with Gasteiger partial charge < -0.3 is 10.3 Å². The van der Waals surface area contributed by atoms with Gasteiger partial charge in [0.25, 0.3) is 0 Å². The first-order valence-electron chi connectivity index (χ1n) is 6.15. The van der Waals surface area contributed by atoms with Gasteiger partial charge in [-0.3, -0.25) is 0 Å². The fourth-order valence-corrected chi connectivity index (χ4v) is 2.81. The number of nitrogens with one attached hydrogen (secondary N) is 2. The van der Waals surface area contributed by atoms with E-state index >= 15 is 0 Å². The van der Waals surface area contributed by atoms with E-state index in [-0.39, 0.29) is 0 Å². The number of H-pyrrole nitrogens is 1. The SMILES string of the molecule is CC[C@@H]1Cc2c([nH]c3ccccc23)[C@@H](C)N1. The molecule has 2 aromatic rings. The normalized spacial score (nSPS) is 24.6. The summed E-state index contributed by atoms with van der Waals surface area (Å²) in [6, 6.07) is 9.70. The number of hydrogen-bond donors (Lipinski definition) is 2. The molecular weight excluding hydrogens is 196 g/mol. The van der Waals surface area contributed by atoms with E-state index < -0.39 is 0 Å². The second-order valence-corrected chi connectivity index (χ2v) is 4.76. The van der Waals surface area contributed by atoms with Crippen molar-refractivity contribution in [1.82, 2.24) is 10.3 Å². The van der Waals surface area contributed by atoms with Gasteiger partial charge in [0.1, 0.15) is 0 Å². The van der Waals surface area contributed by atoms with Gasteiger partial charge in [-0.25, -0.2) is 0 Å². The highest BCUT2D eigenvalue weighted by atomic mass is 15.0. The van der Waals surface area contributed by atoms with Crippen LogP contribution in [0.1, 0.15) is 37.6 Å². The Morgan fingerprint density at radius 3 is 2.94 bits per heavy atom. The average molecular weight is 214 g/mol. The molecule has 0 amide bonds. The fraction of sp³-hybridized carbons (Fsp3) is 0.429. The van der Waals surface area contributed by atoms with Crippen molar-refractivity contribution in [3.63, 3.8) is 0 Å². The van der Waals surface area contributed by atoms with Crippen LogP contribution in [0.4, 0.5) is 0 Å². The van der Waals surface area contributed by atoms with Gasteiger partial charge in [-0.05, 0) is 31.4 Å². The summed E-state index contributed by atoms with van der Waals surface area (Å²) >= 11 is 0. The van der Waals surface area contributed by atoms with Crippen LogP contribution in [-0.4, -0.2) is 11.0 Å². The predicted molar refractivity (Wildman–Crippen MR) is 67.6 cm³/mol. The topological polar surface area (TPSA) is 27.8 Å². The van der Waals surface area contributed by atoms with Crippen molar-refractivity contribution in [3.05, 3.63) is 35.5 Å². The summed E-state index contributed by atoms with van der Waals surface area (Å²) in [7, 11) is 0. The molecular formula is C14H18N2. The Kier molecular flexibility index (Phi) is 2.25. The molecule has 2 nitrogen and oxygen atoms in total. The summed E-state index contributed by atoms with van der Waals surface area (Å²) in [4.78, 5) is 3.55. The lowest BCUT2D eigenvalue weighted by Crippen LogP contribution is -2.37. The van der Waals surface area contributed by atoms with Gasteiger partial charge in [0.15, 0.2) is 0 Å². The second kappa shape index (κ2) is 3.63. The minimum atomic E-state index is 0.445. The third-order valence-electron chi connectivity index (χ3n) is 3.71. The molecule has 0 unspecified atom stereocenters. The Labute approximate surface area is 96.1 Å². The van der Waals surface area contributed by atoms with E-state index in [2.05, 4.69) is 48.4 Å². The van der Waals surface area contributed by atoms with Crippen LogP contribution in [0, 0.1) is 0 Å². The molecule has 0 bridgehead atoms. The molecule has 2 heteroatoms. The number of aromatic nitrogens is 1. The maximum atomic E-state index is 3.65. The zero-order valence-corrected chi connectivity index (χ0v) is 9.88. The molecule has 1 aliphatic rings. The van der Waals surface area contributed by atoms with E-state index in [9.17, 15) is 0 Å². The highest BCUT2D eigenvalue weighted by molar-refractivity contribution is 5.85. The standard InChI is InChI=1S/C14H18N2/c1-3-10-8-12-11-6-4-5-7-13(11)16-14(12)9(2)15-10/h4-7,9-10,15-16H,3,8H2,1-2H3/t9-,10-/m1/s1. The molecule has 1 aliphatic heterocycles. The van der Waals surface area contributed by atoms with E-state index in [0.29, 0.717) is 12.1 Å². The van der Waals surface area contributed by atoms with Gasteiger partial charge in [0, 0.05) is 28.7 Å². The highest BCUT2D eigenvalue weighted by Crippen LogP contribution is 2.31. The summed E-state index contributed by atoms with van der Waals surface area (Å²) in [5.74, 6) is 0. The van der Waals surface area contributed by atoms with E-state index in [1.54, 1.807) is 0 Å². The van der Waals surface area contributed by atoms with Crippen molar-refractivity contribution < 1.29 is 0 Å². The lowest BCUT2D eigenvalue weighted by atomic mass is 9.93. The zero-order chi connectivity index (χ0) is 11.1. The first-order chi connectivity index (χ1) is 7.79.